The molecule has 172 valence electrons. The molecular weight excluding hydrogens is 421 g/mol. The van der Waals surface area contributed by atoms with Crippen LogP contribution in [-0.2, 0) is 11.2 Å². The van der Waals surface area contributed by atoms with E-state index in [1.54, 1.807) is 37.3 Å². The third-order valence-corrected chi connectivity index (χ3v) is 6.70. The molecule has 0 saturated carbocycles. The zero-order valence-corrected chi connectivity index (χ0v) is 18.2. The van der Waals surface area contributed by atoms with Gasteiger partial charge in [0.25, 0.3) is 0 Å². The second-order valence-corrected chi connectivity index (χ2v) is 9.06. The summed E-state index contributed by atoms with van der Waals surface area (Å²) in [7, 11) is 0. The zero-order chi connectivity index (χ0) is 23.4. The summed E-state index contributed by atoms with van der Waals surface area (Å²) in [5.41, 5.74) is -0.247. The number of hydrogen-bond donors (Lipinski definition) is 4. The maximum Gasteiger partial charge on any atom is 0.419 e. The minimum atomic E-state index is -4.91. The van der Waals surface area contributed by atoms with Crippen molar-refractivity contribution in [3.8, 4) is 5.75 Å². The highest BCUT2D eigenvalue weighted by atomic mass is 19.4. The van der Waals surface area contributed by atoms with Gasteiger partial charge < -0.3 is 20.8 Å². The maximum atomic E-state index is 14.4. The van der Waals surface area contributed by atoms with E-state index in [1.807, 2.05) is 13.8 Å². The number of hydrogen-bond acceptors (Lipinski definition) is 4. The Bertz CT molecular complexity index is 1070. The first-order valence-electron chi connectivity index (χ1n) is 10.8. The van der Waals surface area contributed by atoms with Gasteiger partial charge in [-0.3, -0.25) is 4.79 Å². The van der Waals surface area contributed by atoms with Gasteiger partial charge in [0.05, 0.1) is 12.5 Å². The SMILES string of the molecule is CC[C@@H]1C[C@](O)(C(F)(F)F)[C@@H](Nc2cccc3c2CC(=O)N3)c2cc(C(C)C)cc(O)c21. The highest BCUT2D eigenvalue weighted by Crippen LogP contribution is 2.55. The van der Waals surface area contributed by atoms with Gasteiger partial charge in [0.1, 0.15) is 5.75 Å². The molecule has 4 rings (SSSR count). The first kappa shape index (κ1) is 22.5. The number of carbonyl (C=O) groups excluding carboxylic acids is 1. The van der Waals surface area contributed by atoms with E-state index in [2.05, 4.69) is 10.6 Å². The van der Waals surface area contributed by atoms with Crippen LogP contribution >= 0.6 is 0 Å². The second-order valence-electron chi connectivity index (χ2n) is 9.06. The number of aliphatic hydroxyl groups is 1. The molecule has 4 N–H and O–H groups in total. The Labute approximate surface area is 184 Å². The average molecular weight is 448 g/mol. The van der Waals surface area contributed by atoms with Crippen molar-refractivity contribution in [3.63, 3.8) is 0 Å². The van der Waals surface area contributed by atoms with Crippen LogP contribution in [0.3, 0.4) is 0 Å². The molecular formula is C24H27F3N2O3. The number of phenolic OH excluding ortho intramolecular Hbond substituents is 1. The number of alkyl halides is 3. The number of phenols is 1. The van der Waals surface area contributed by atoms with Gasteiger partial charge in [-0.1, -0.05) is 32.9 Å². The van der Waals surface area contributed by atoms with Crippen molar-refractivity contribution < 1.29 is 28.2 Å². The van der Waals surface area contributed by atoms with Gasteiger partial charge in [-0.2, -0.15) is 13.2 Å². The van der Waals surface area contributed by atoms with Crippen LogP contribution in [-0.4, -0.2) is 27.9 Å². The summed E-state index contributed by atoms with van der Waals surface area (Å²) >= 11 is 0. The molecule has 1 amide bonds. The van der Waals surface area contributed by atoms with Crippen molar-refractivity contribution in [2.45, 2.75) is 69.7 Å². The van der Waals surface area contributed by atoms with Crippen molar-refractivity contribution in [2.24, 2.45) is 0 Å². The van der Waals surface area contributed by atoms with E-state index in [1.165, 1.54) is 0 Å². The van der Waals surface area contributed by atoms with Gasteiger partial charge >= 0.3 is 6.18 Å². The fourth-order valence-corrected chi connectivity index (χ4v) is 4.92. The Kier molecular flexibility index (Phi) is 5.40. The molecule has 3 atom stereocenters. The average Bonchev–Trinajstić information content (AvgIpc) is 3.09. The Hall–Kier alpha value is -2.74. The van der Waals surface area contributed by atoms with Crippen LogP contribution in [0.1, 0.15) is 73.7 Å². The number of halogens is 3. The van der Waals surface area contributed by atoms with E-state index in [0.717, 1.165) is 0 Å². The predicted molar refractivity (Wildman–Crippen MR) is 116 cm³/mol. The van der Waals surface area contributed by atoms with Crippen LogP contribution in [0.5, 0.6) is 5.75 Å². The lowest BCUT2D eigenvalue weighted by Crippen LogP contribution is -2.55. The molecule has 1 heterocycles. The Balaban J connectivity index is 1.92. The molecule has 0 radical (unpaired) electrons. The lowest BCUT2D eigenvalue weighted by atomic mass is 9.68. The largest absolute Gasteiger partial charge is 0.508 e. The number of aromatic hydroxyl groups is 1. The molecule has 0 fully saturated rings. The molecule has 5 nitrogen and oxygen atoms in total. The van der Waals surface area contributed by atoms with Crippen LogP contribution in [0, 0.1) is 0 Å². The van der Waals surface area contributed by atoms with Crippen LogP contribution < -0.4 is 10.6 Å². The molecule has 1 aliphatic carbocycles. The van der Waals surface area contributed by atoms with E-state index in [0.29, 0.717) is 34.5 Å². The minimum absolute atomic E-state index is 0.0318. The summed E-state index contributed by atoms with van der Waals surface area (Å²) in [4.78, 5) is 11.9. The van der Waals surface area contributed by atoms with Gasteiger partial charge in [-0.25, -0.2) is 0 Å². The van der Waals surface area contributed by atoms with Crippen LogP contribution in [0.4, 0.5) is 24.5 Å². The number of fused-ring (bicyclic) bond motifs is 2. The highest BCUT2D eigenvalue weighted by molar-refractivity contribution is 6.01. The Morgan fingerprint density at radius 1 is 1.28 bits per heavy atom. The van der Waals surface area contributed by atoms with E-state index < -0.39 is 30.2 Å². The Morgan fingerprint density at radius 2 is 2.00 bits per heavy atom. The van der Waals surface area contributed by atoms with Crippen molar-refractivity contribution in [3.05, 3.63) is 52.6 Å². The van der Waals surface area contributed by atoms with Crippen molar-refractivity contribution >= 4 is 17.3 Å². The van der Waals surface area contributed by atoms with E-state index >= 15 is 0 Å². The molecule has 2 aromatic carbocycles. The summed E-state index contributed by atoms with van der Waals surface area (Å²) in [6.45, 7) is 5.53. The van der Waals surface area contributed by atoms with Crippen LogP contribution in [0.2, 0.25) is 0 Å². The molecule has 0 unspecified atom stereocenters. The third kappa shape index (κ3) is 3.50. The second kappa shape index (κ2) is 7.69. The van der Waals surface area contributed by atoms with Crippen molar-refractivity contribution in [1.82, 2.24) is 0 Å². The molecule has 32 heavy (non-hydrogen) atoms. The first-order chi connectivity index (χ1) is 15.0. The zero-order valence-electron chi connectivity index (χ0n) is 18.2. The van der Waals surface area contributed by atoms with Gasteiger partial charge in [0.15, 0.2) is 5.60 Å². The molecule has 0 bridgehead atoms. The number of nitrogens with one attached hydrogen (secondary N) is 2. The molecule has 2 aromatic rings. The van der Waals surface area contributed by atoms with Gasteiger partial charge in [-0.15, -0.1) is 0 Å². The molecule has 8 heteroatoms. The quantitative estimate of drug-likeness (QED) is 0.508. The summed E-state index contributed by atoms with van der Waals surface area (Å²) in [6.07, 6.45) is -5.10. The van der Waals surface area contributed by atoms with E-state index in [4.69, 9.17) is 0 Å². The third-order valence-electron chi connectivity index (χ3n) is 6.70. The fourth-order valence-electron chi connectivity index (χ4n) is 4.92. The van der Waals surface area contributed by atoms with Crippen molar-refractivity contribution in [2.75, 3.05) is 10.6 Å². The molecule has 0 saturated heterocycles. The van der Waals surface area contributed by atoms with Crippen LogP contribution in [0.15, 0.2) is 30.3 Å². The van der Waals surface area contributed by atoms with Crippen LogP contribution in [0.25, 0.3) is 0 Å². The maximum absolute atomic E-state index is 14.4. The smallest absolute Gasteiger partial charge is 0.419 e. The summed E-state index contributed by atoms with van der Waals surface area (Å²) in [6, 6.07) is 6.64. The summed E-state index contributed by atoms with van der Waals surface area (Å²) in [5, 5.41) is 27.5. The lowest BCUT2D eigenvalue weighted by molar-refractivity contribution is -0.272. The minimum Gasteiger partial charge on any atom is -0.508 e. The molecule has 1 aliphatic heterocycles. The highest BCUT2D eigenvalue weighted by Gasteiger charge is 2.62. The lowest BCUT2D eigenvalue weighted by Gasteiger charge is -2.46. The molecule has 2 aliphatic rings. The number of anilines is 2. The normalized spacial score (nSPS) is 24.8. The summed E-state index contributed by atoms with van der Waals surface area (Å²) < 4.78 is 43.1. The number of carbonyl (C=O) groups is 1. The predicted octanol–water partition coefficient (Wildman–Crippen LogP) is 5.35. The fraction of sp³-hybridized carbons (Fsp3) is 0.458. The monoisotopic (exact) mass is 448 g/mol. The van der Waals surface area contributed by atoms with Gasteiger partial charge in [0.2, 0.25) is 5.91 Å². The summed E-state index contributed by atoms with van der Waals surface area (Å²) in [5.74, 6) is -0.976. The van der Waals surface area contributed by atoms with E-state index in [9.17, 15) is 28.2 Å². The van der Waals surface area contributed by atoms with E-state index in [-0.39, 0.29) is 29.6 Å². The Morgan fingerprint density at radius 3 is 2.62 bits per heavy atom. The number of amides is 1. The van der Waals surface area contributed by atoms with Gasteiger partial charge in [0, 0.05) is 22.5 Å². The molecule has 0 aromatic heterocycles. The van der Waals surface area contributed by atoms with Gasteiger partial charge in [-0.05, 0) is 54.0 Å². The van der Waals surface area contributed by atoms with Crippen molar-refractivity contribution in [1.29, 1.82) is 0 Å². The standard InChI is InChI=1S/C24H27F3N2O3/c1-4-13-11-23(32,24(25,26)27)22(16-8-14(12(2)3)9-19(30)21(13)16)29-18-7-5-6-17-15(18)10-20(31)28-17/h5-9,12-13,22,29-30,32H,4,10-11H2,1-3H3,(H,28,31)/t13-,22+,23-/m1/s1. The first-order valence-corrected chi connectivity index (χ1v) is 10.8. The topological polar surface area (TPSA) is 81.6 Å². The number of benzene rings is 2. The number of rotatable bonds is 4. The molecule has 0 spiro atoms.